The molecule has 106 valence electrons. The van der Waals surface area contributed by atoms with E-state index in [-0.39, 0.29) is 0 Å². The van der Waals surface area contributed by atoms with Crippen LogP contribution in [0.3, 0.4) is 0 Å². The third-order valence-electron chi connectivity index (χ3n) is 4.50. The van der Waals surface area contributed by atoms with Gasteiger partial charge in [0, 0.05) is 23.3 Å². The number of benzene rings is 1. The molecule has 0 radical (unpaired) electrons. The van der Waals surface area contributed by atoms with Crippen molar-refractivity contribution in [3.8, 4) is 0 Å². The summed E-state index contributed by atoms with van der Waals surface area (Å²) in [6.07, 6.45) is 8.44. The largest absolute Gasteiger partial charge is 0.397 e. The van der Waals surface area contributed by atoms with Crippen LogP contribution in [0, 0.1) is 5.92 Å². The average molecular weight is 269 g/mol. The topological polar surface area (TPSA) is 50.9 Å². The fourth-order valence-corrected chi connectivity index (χ4v) is 3.23. The van der Waals surface area contributed by atoms with Crippen LogP contribution in [0.2, 0.25) is 0 Å². The minimum absolute atomic E-state index is 0.560. The second-order valence-electron chi connectivity index (χ2n) is 5.97. The Labute approximate surface area is 120 Å². The summed E-state index contributed by atoms with van der Waals surface area (Å²) < 4.78 is 0. The fraction of sp³-hybridized carbons (Fsp3) is 0.471. The van der Waals surface area contributed by atoms with Crippen molar-refractivity contribution >= 4 is 22.3 Å². The van der Waals surface area contributed by atoms with E-state index in [4.69, 9.17) is 5.73 Å². The zero-order chi connectivity index (χ0) is 13.9. The third kappa shape index (κ3) is 2.58. The van der Waals surface area contributed by atoms with Gasteiger partial charge >= 0.3 is 0 Å². The minimum atomic E-state index is 0.560. The molecule has 3 nitrogen and oxygen atoms in total. The lowest BCUT2D eigenvalue weighted by Crippen LogP contribution is -2.26. The van der Waals surface area contributed by atoms with Gasteiger partial charge in [0.15, 0.2) is 0 Å². The van der Waals surface area contributed by atoms with Gasteiger partial charge in [-0.05, 0) is 43.0 Å². The van der Waals surface area contributed by atoms with Gasteiger partial charge in [-0.2, -0.15) is 0 Å². The Morgan fingerprint density at radius 3 is 2.90 bits per heavy atom. The number of nitrogens with zero attached hydrogens (tertiary/aromatic N) is 1. The Morgan fingerprint density at radius 2 is 2.00 bits per heavy atom. The van der Waals surface area contributed by atoms with Crippen molar-refractivity contribution in [1.82, 2.24) is 4.98 Å². The second kappa shape index (κ2) is 5.70. The maximum atomic E-state index is 6.02. The van der Waals surface area contributed by atoms with Crippen LogP contribution in [0.25, 0.3) is 10.9 Å². The molecule has 0 amide bonds. The lowest BCUT2D eigenvalue weighted by atomic mass is 9.96. The molecule has 3 rings (SSSR count). The molecule has 1 aliphatic rings. The first-order valence-electron chi connectivity index (χ1n) is 7.65. The zero-order valence-corrected chi connectivity index (χ0v) is 12.1. The van der Waals surface area contributed by atoms with E-state index in [9.17, 15) is 0 Å². The quantitative estimate of drug-likeness (QED) is 0.634. The molecule has 2 unspecified atom stereocenters. The number of nitrogens with one attached hydrogen (secondary N) is 1. The number of hydrogen-bond acceptors (Lipinski definition) is 3. The summed E-state index contributed by atoms with van der Waals surface area (Å²) in [4.78, 5) is 4.41. The van der Waals surface area contributed by atoms with Crippen molar-refractivity contribution < 1.29 is 0 Å². The molecule has 3 heteroatoms. The first-order chi connectivity index (χ1) is 9.75. The summed E-state index contributed by atoms with van der Waals surface area (Å²) in [5, 5.41) is 4.87. The number of fused-ring (bicyclic) bond motifs is 1. The third-order valence-corrected chi connectivity index (χ3v) is 4.50. The van der Waals surface area contributed by atoms with E-state index in [0.717, 1.165) is 22.5 Å². The van der Waals surface area contributed by atoms with Gasteiger partial charge in [0.1, 0.15) is 0 Å². The SMILES string of the molecule is CC1CCCCCC1Nc1ccc(N)c2ncccc12. The molecule has 0 saturated heterocycles. The normalized spacial score (nSPS) is 23.4. The van der Waals surface area contributed by atoms with Gasteiger partial charge in [-0.15, -0.1) is 0 Å². The summed E-state index contributed by atoms with van der Waals surface area (Å²) in [6, 6.07) is 8.69. The number of hydrogen-bond donors (Lipinski definition) is 2. The predicted molar refractivity (Wildman–Crippen MR) is 85.8 cm³/mol. The van der Waals surface area contributed by atoms with Crippen LogP contribution in [0.5, 0.6) is 0 Å². The minimum Gasteiger partial charge on any atom is -0.397 e. The van der Waals surface area contributed by atoms with Crippen molar-refractivity contribution in [2.45, 2.75) is 45.1 Å². The molecule has 1 fully saturated rings. The van der Waals surface area contributed by atoms with Crippen molar-refractivity contribution in [2.24, 2.45) is 5.92 Å². The molecule has 1 aromatic carbocycles. The molecule has 3 N–H and O–H groups in total. The molecule has 1 aliphatic carbocycles. The predicted octanol–water partition coefficient (Wildman–Crippen LogP) is 4.20. The fourth-order valence-electron chi connectivity index (χ4n) is 3.23. The Kier molecular flexibility index (Phi) is 3.77. The summed E-state index contributed by atoms with van der Waals surface area (Å²) in [5.41, 5.74) is 8.84. The number of pyridine rings is 1. The number of nitrogen functional groups attached to an aromatic ring is 1. The lowest BCUT2D eigenvalue weighted by molar-refractivity contribution is 0.457. The van der Waals surface area contributed by atoms with Crippen molar-refractivity contribution in [3.63, 3.8) is 0 Å². The van der Waals surface area contributed by atoms with Crippen LogP contribution in [0.4, 0.5) is 11.4 Å². The van der Waals surface area contributed by atoms with Gasteiger partial charge in [-0.1, -0.05) is 26.2 Å². The van der Waals surface area contributed by atoms with Gasteiger partial charge in [0.25, 0.3) is 0 Å². The number of nitrogens with two attached hydrogens (primary N) is 1. The van der Waals surface area contributed by atoms with Crippen molar-refractivity contribution in [1.29, 1.82) is 0 Å². The van der Waals surface area contributed by atoms with Crippen molar-refractivity contribution in [3.05, 3.63) is 30.5 Å². The molecule has 2 atom stereocenters. The highest BCUT2D eigenvalue weighted by atomic mass is 14.9. The van der Waals surface area contributed by atoms with Gasteiger partial charge in [-0.3, -0.25) is 4.98 Å². The van der Waals surface area contributed by atoms with Crippen LogP contribution in [-0.2, 0) is 0 Å². The van der Waals surface area contributed by atoms with Crippen LogP contribution in [0.1, 0.15) is 39.0 Å². The summed E-state index contributed by atoms with van der Waals surface area (Å²) in [7, 11) is 0. The Hall–Kier alpha value is -1.77. The first-order valence-corrected chi connectivity index (χ1v) is 7.65. The average Bonchev–Trinajstić information content (AvgIpc) is 2.67. The van der Waals surface area contributed by atoms with E-state index in [1.807, 2.05) is 12.1 Å². The highest BCUT2D eigenvalue weighted by Crippen LogP contribution is 2.31. The van der Waals surface area contributed by atoms with Gasteiger partial charge in [-0.25, -0.2) is 0 Å². The van der Waals surface area contributed by atoms with E-state index in [0.29, 0.717) is 6.04 Å². The number of rotatable bonds is 2. The number of aromatic nitrogens is 1. The maximum Gasteiger partial charge on any atom is 0.0951 e. The van der Waals surface area contributed by atoms with Crippen LogP contribution < -0.4 is 11.1 Å². The smallest absolute Gasteiger partial charge is 0.0951 e. The monoisotopic (exact) mass is 269 g/mol. The molecule has 1 aromatic heterocycles. The van der Waals surface area contributed by atoms with Crippen LogP contribution in [0.15, 0.2) is 30.5 Å². The number of anilines is 2. The summed E-state index contributed by atoms with van der Waals surface area (Å²) >= 11 is 0. The molecular formula is C17H23N3. The van der Waals surface area contributed by atoms with E-state index >= 15 is 0 Å². The van der Waals surface area contributed by atoms with Crippen molar-refractivity contribution in [2.75, 3.05) is 11.1 Å². The Bertz CT molecular complexity index is 594. The van der Waals surface area contributed by atoms with Gasteiger partial charge in [0.05, 0.1) is 11.2 Å². The molecule has 0 spiro atoms. The molecule has 0 aliphatic heterocycles. The van der Waals surface area contributed by atoms with Gasteiger partial charge < -0.3 is 11.1 Å². The summed E-state index contributed by atoms with van der Waals surface area (Å²) in [5.74, 6) is 0.724. The van der Waals surface area contributed by atoms with Gasteiger partial charge in [0.2, 0.25) is 0 Å². The zero-order valence-electron chi connectivity index (χ0n) is 12.1. The highest BCUT2D eigenvalue weighted by molar-refractivity contribution is 5.98. The standard InChI is InChI=1S/C17H23N3/c1-12-6-3-2-4-8-15(12)20-16-10-9-14(18)17-13(16)7-5-11-19-17/h5,7,9-12,15,20H,2-4,6,8,18H2,1H3. The molecule has 1 saturated carbocycles. The molecule has 1 heterocycles. The van der Waals surface area contributed by atoms with E-state index < -0.39 is 0 Å². The second-order valence-corrected chi connectivity index (χ2v) is 5.97. The van der Waals surface area contributed by atoms with Crippen LogP contribution >= 0.6 is 0 Å². The molecular weight excluding hydrogens is 246 g/mol. The van der Waals surface area contributed by atoms with E-state index in [1.54, 1.807) is 6.20 Å². The van der Waals surface area contributed by atoms with E-state index in [1.165, 1.54) is 37.8 Å². The highest BCUT2D eigenvalue weighted by Gasteiger charge is 2.20. The molecule has 2 aromatic rings. The Morgan fingerprint density at radius 1 is 1.15 bits per heavy atom. The Balaban J connectivity index is 1.92. The maximum absolute atomic E-state index is 6.02. The van der Waals surface area contributed by atoms with Crippen LogP contribution in [-0.4, -0.2) is 11.0 Å². The molecule has 0 bridgehead atoms. The molecule has 20 heavy (non-hydrogen) atoms. The lowest BCUT2D eigenvalue weighted by Gasteiger charge is -2.25. The first kappa shape index (κ1) is 13.2. The summed E-state index contributed by atoms with van der Waals surface area (Å²) in [6.45, 7) is 2.36. The van der Waals surface area contributed by atoms with E-state index in [2.05, 4.69) is 29.4 Å².